The molecule has 0 N–H and O–H groups in total. The van der Waals surface area contributed by atoms with Crippen molar-refractivity contribution in [3.05, 3.63) is 53.7 Å². The number of aromatic nitrogens is 1. The maximum absolute atomic E-state index is 13.2. The van der Waals surface area contributed by atoms with E-state index in [0.29, 0.717) is 41.9 Å². The van der Waals surface area contributed by atoms with E-state index in [1.165, 1.54) is 30.0 Å². The van der Waals surface area contributed by atoms with E-state index in [9.17, 15) is 13.2 Å². The summed E-state index contributed by atoms with van der Waals surface area (Å²) in [5, 5.41) is 1.33. The lowest BCUT2D eigenvalue weighted by atomic mass is 10.2. The smallest absolute Gasteiger partial charge is 0.256 e. The van der Waals surface area contributed by atoms with Crippen LogP contribution in [0.3, 0.4) is 0 Å². The maximum Gasteiger partial charge on any atom is 0.256 e. The fraction of sp³-hybridized carbons (Fsp3) is 0.455. The van der Waals surface area contributed by atoms with Crippen LogP contribution in [0.25, 0.3) is 0 Å². The number of amides is 1. The average molecular weight is 446 g/mol. The summed E-state index contributed by atoms with van der Waals surface area (Å²) in [6.45, 7) is 3.29. The normalized spacial score (nSPS) is 18.6. The summed E-state index contributed by atoms with van der Waals surface area (Å²) in [6, 6.07) is 10.5. The first-order valence-corrected chi connectivity index (χ1v) is 12.7. The zero-order valence-corrected chi connectivity index (χ0v) is 18.8. The van der Waals surface area contributed by atoms with Crippen molar-refractivity contribution in [2.45, 2.75) is 47.8 Å². The Morgan fingerprint density at radius 2 is 1.70 bits per heavy atom. The van der Waals surface area contributed by atoms with Crippen LogP contribution in [-0.4, -0.2) is 59.9 Å². The van der Waals surface area contributed by atoms with Gasteiger partial charge in [0.1, 0.15) is 5.03 Å². The van der Waals surface area contributed by atoms with Gasteiger partial charge in [-0.2, -0.15) is 4.31 Å². The van der Waals surface area contributed by atoms with Crippen LogP contribution >= 0.6 is 11.8 Å². The molecule has 1 aromatic carbocycles. The molecule has 0 unspecified atom stereocenters. The van der Waals surface area contributed by atoms with Crippen molar-refractivity contribution in [3.63, 3.8) is 0 Å². The highest BCUT2D eigenvalue weighted by molar-refractivity contribution is 8.00. The first-order chi connectivity index (χ1) is 14.4. The minimum absolute atomic E-state index is 0.0593. The van der Waals surface area contributed by atoms with Gasteiger partial charge in [0.25, 0.3) is 5.91 Å². The van der Waals surface area contributed by atoms with E-state index >= 15 is 0 Å². The molecule has 1 saturated heterocycles. The monoisotopic (exact) mass is 445 g/mol. The van der Waals surface area contributed by atoms with Crippen LogP contribution in [0, 0.1) is 6.92 Å². The molecule has 4 rings (SSSR count). The molecule has 1 aliphatic heterocycles. The Hall–Kier alpha value is -1.90. The Morgan fingerprint density at radius 3 is 2.37 bits per heavy atom. The van der Waals surface area contributed by atoms with Gasteiger partial charge in [0, 0.05) is 37.6 Å². The third-order valence-corrected chi connectivity index (χ3v) is 9.03. The fourth-order valence-corrected chi connectivity index (χ4v) is 6.68. The summed E-state index contributed by atoms with van der Waals surface area (Å²) in [6.07, 6.45) is 6.56. The molecule has 160 valence electrons. The summed E-state index contributed by atoms with van der Waals surface area (Å²) in [5.74, 6) is -0.0593. The van der Waals surface area contributed by atoms with Gasteiger partial charge in [-0.1, -0.05) is 30.5 Å². The average Bonchev–Trinajstić information content (AvgIpc) is 3.27. The zero-order valence-electron chi connectivity index (χ0n) is 17.2. The van der Waals surface area contributed by atoms with Gasteiger partial charge in [-0.25, -0.2) is 13.4 Å². The number of thioether (sulfide) groups is 1. The summed E-state index contributed by atoms with van der Waals surface area (Å²) < 4.78 is 27.3. The Bertz CT molecular complexity index is 995. The molecule has 30 heavy (non-hydrogen) atoms. The molecule has 8 heteroatoms. The summed E-state index contributed by atoms with van der Waals surface area (Å²) in [7, 11) is -3.54. The van der Waals surface area contributed by atoms with Crippen LogP contribution in [0.4, 0.5) is 0 Å². The van der Waals surface area contributed by atoms with Crippen molar-refractivity contribution in [1.29, 1.82) is 0 Å². The second-order valence-corrected chi connectivity index (χ2v) is 11.1. The van der Waals surface area contributed by atoms with E-state index in [1.807, 2.05) is 13.0 Å². The lowest BCUT2D eigenvalue weighted by Gasteiger charge is -2.34. The van der Waals surface area contributed by atoms with Crippen molar-refractivity contribution in [3.8, 4) is 0 Å². The van der Waals surface area contributed by atoms with Crippen LogP contribution in [0.2, 0.25) is 0 Å². The van der Waals surface area contributed by atoms with Crippen LogP contribution in [0.1, 0.15) is 41.6 Å². The highest BCUT2D eigenvalue weighted by Crippen LogP contribution is 2.35. The molecule has 0 atom stereocenters. The molecule has 2 fully saturated rings. The number of benzene rings is 1. The van der Waals surface area contributed by atoms with Gasteiger partial charge in [0.15, 0.2) is 0 Å². The second kappa shape index (κ2) is 9.08. The van der Waals surface area contributed by atoms with Gasteiger partial charge in [-0.05, 0) is 44.0 Å². The standard InChI is InChI=1S/C22H27N3O3S2/c1-17-8-10-19(11-9-17)30(27,28)25-15-13-24(14-16-25)22(26)20-7-4-12-23-21(20)29-18-5-2-3-6-18/h4,7-12,18H,2-3,5-6,13-16H2,1H3. The topological polar surface area (TPSA) is 70.6 Å². The van der Waals surface area contributed by atoms with Crippen molar-refractivity contribution >= 4 is 27.7 Å². The quantitative estimate of drug-likeness (QED) is 0.704. The fourth-order valence-electron chi connectivity index (χ4n) is 3.97. The van der Waals surface area contributed by atoms with Crippen molar-refractivity contribution < 1.29 is 13.2 Å². The van der Waals surface area contributed by atoms with Gasteiger partial charge in [-0.15, -0.1) is 11.8 Å². The van der Waals surface area contributed by atoms with Gasteiger partial charge < -0.3 is 4.90 Å². The predicted molar refractivity (Wildman–Crippen MR) is 118 cm³/mol. The lowest BCUT2D eigenvalue weighted by Crippen LogP contribution is -2.50. The third kappa shape index (κ3) is 4.55. The molecule has 2 heterocycles. The predicted octanol–water partition coefficient (Wildman–Crippen LogP) is 3.57. The Kier molecular flexibility index (Phi) is 6.46. The van der Waals surface area contributed by atoms with Gasteiger partial charge in [0.2, 0.25) is 10.0 Å². The summed E-state index contributed by atoms with van der Waals surface area (Å²) in [4.78, 5) is 19.7. The number of hydrogen-bond donors (Lipinski definition) is 0. The maximum atomic E-state index is 13.2. The molecule has 1 aromatic heterocycles. The van der Waals surface area contributed by atoms with E-state index < -0.39 is 10.0 Å². The molecular weight excluding hydrogens is 418 g/mol. The molecule has 6 nitrogen and oxygen atoms in total. The largest absolute Gasteiger partial charge is 0.336 e. The lowest BCUT2D eigenvalue weighted by molar-refractivity contribution is 0.0693. The van der Waals surface area contributed by atoms with Gasteiger partial charge in [-0.3, -0.25) is 4.79 Å². The Labute approximate surface area is 182 Å². The van der Waals surface area contributed by atoms with E-state index in [4.69, 9.17) is 0 Å². The number of aryl methyl sites for hydroxylation is 1. The highest BCUT2D eigenvalue weighted by Gasteiger charge is 2.31. The molecule has 1 amide bonds. The first kappa shape index (κ1) is 21.3. The molecular formula is C22H27N3O3S2. The Balaban J connectivity index is 1.43. The van der Waals surface area contributed by atoms with Crippen LogP contribution in [0.15, 0.2) is 52.5 Å². The van der Waals surface area contributed by atoms with Crippen molar-refractivity contribution in [2.24, 2.45) is 0 Å². The summed E-state index contributed by atoms with van der Waals surface area (Å²) >= 11 is 1.71. The van der Waals surface area contributed by atoms with Crippen LogP contribution in [-0.2, 0) is 10.0 Å². The van der Waals surface area contributed by atoms with Crippen LogP contribution < -0.4 is 0 Å². The van der Waals surface area contributed by atoms with Gasteiger partial charge >= 0.3 is 0 Å². The number of piperazine rings is 1. The van der Waals surface area contributed by atoms with Crippen molar-refractivity contribution in [1.82, 2.24) is 14.2 Å². The highest BCUT2D eigenvalue weighted by atomic mass is 32.2. The second-order valence-electron chi connectivity index (χ2n) is 7.89. The minimum atomic E-state index is -3.54. The molecule has 2 aliphatic rings. The molecule has 1 saturated carbocycles. The van der Waals surface area contributed by atoms with E-state index in [-0.39, 0.29) is 5.91 Å². The van der Waals surface area contributed by atoms with E-state index in [0.717, 1.165) is 10.6 Å². The van der Waals surface area contributed by atoms with E-state index in [2.05, 4.69) is 4.98 Å². The molecule has 0 spiro atoms. The third-order valence-electron chi connectivity index (χ3n) is 5.77. The molecule has 2 aromatic rings. The molecule has 1 aliphatic carbocycles. The molecule has 0 radical (unpaired) electrons. The molecule has 0 bridgehead atoms. The number of carbonyl (C=O) groups is 1. The van der Waals surface area contributed by atoms with Gasteiger partial charge in [0.05, 0.1) is 10.5 Å². The number of sulfonamides is 1. The zero-order chi connectivity index (χ0) is 21.1. The summed E-state index contributed by atoms with van der Waals surface area (Å²) in [5.41, 5.74) is 1.65. The number of hydrogen-bond acceptors (Lipinski definition) is 5. The number of nitrogens with zero attached hydrogens (tertiary/aromatic N) is 3. The number of rotatable bonds is 5. The SMILES string of the molecule is Cc1ccc(S(=O)(=O)N2CCN(C(=O)c3cccnc3SC3CCCC3)CC2)cc1. The Morgan fingerprint density at radius 1 is 1.03 bits per heavy atom. The van der Waals surface area contributed by atoms with Crippen LogP contribution in [0.5, 0.6) is 0 Å². The van der Waals surface area contributed by atoms with E-state index in [1.54, 1.807) is 53.2 Å². The number of pyridine rings is 1. The minimum Gasteiger partial charge on any atom is -0.336 e. The van der Waals surface area contributed by atoms with Crippen molar-refractivity contribution in [2.75, 3.05) is 26.2 Å². The first-order valence-electron chi connectivity index (χ1n) is 10.4. The number of carbonyl (C=O) groups excluding carboxylic acids is 1.